The van der Waals surface area contributed by atoms with E-state index >= 15 is 0 Å². The number of hydrogen-bond acceptors (Lipinski definition) is 13. The average Bonchev–Trinajstić information content (AvgIpc) is 3.08. The molecule has 2 heterocycles. The molecule has 1 aromatic heterocycles. The van der Waals surface area contributed by atoms with Crippen LogP contribution in [0.3, 0.4) is 0 Å². The summed E-state index contributed by atoms with van der Waals surface area (Å²) in [7, 11) is -4.27. The Bertz CT molecular complexity index is 1150. The molecule has 1 unspecified atom stereocenters. The number of anilines is 1. The van der Waals surface area contributed by atoms with Gasteiger partial charge in [-0.2, -0.15) is 4.98 Å². The molecule has 17 heteroatoms. The van der Waals surface area contributed by atoms with Gasteiger partial charge in [0.05, 0.1) is 31.3 Å². The van der Waals surface area contributed by atoms with Crippen molar-refractivity contribution in [2.24, 2.45) is 5.41 Å². The highest BCUT2D eigenvalue weighted by molar-refractivity contribution is 8.13. The Morgan fingerprint density at radius 2 is 2.02 bits per heavy atom. The van der Waals surface area contributed by atoms with Crippen molar-refractivity contribution in [1.29, 1.82) is 0 Å². The SMILES string of the molecule is CC(C)OC(=O)[C@@H](C)NP(=O)(OCCSC(=O)C(C)(C)CO)OC[C@H]1O[C@@H](n2ccc(N)nc2=O)[C@](C)(Cl)[C@@H]1O. The Morgan fingerprint density at radius 3 is 2.60 bits per heavy atom. The molecule has 5 N–H and O–H groups in total. The Labute approximate surface area is 241 Å². The highest BCUT2D eigenvalue weighted by Gasteiger charge is 2.54. The number of nitrogens with two attached hydrogens (primary N) is 1. The smallest absolute Gasteiger partial charge is 0.406 e. The topological polar surface area (TPSA) is 202 Å². The first-order valence-electron chi connectivity index (χ1n) is 12.5. The van der Waals surface area contributed by atoms with E-state index < -0.39 is 66.9 Å². The van der Waals surface area contributed by atoms with Gasteiger partial charge in [0.2, 0.25) is 0 Å². The third kappa shape index (κ3) is 8.97. The molecule has 1 aliphatic rings. The average molecular weight is 629 g/mol. The predicted molar refractivity (Wildman–Crippen MR) is 149 cm³/mol. The molecule has 6 atom stereocenters. The van der Waals surface area contributed by atoms with Gasteiger partial charge in [-0.15, -0.1) is 11.6 Å². The van der Waals surface area contributed by atoms with Gasteiger partial charge in [-0.25, -0.2) is 14.4 Å². The highest BCUT2D eigenvalue weighted by Crippen LogP contribution is 2.48. The normalized spacial score (nSPS) is 25.5. The van der Waals surface area contributed by atoms with Crippen LogP contribution < -0.4 is 16.5 Å². The van der Waals surface area contributed by atoms with Crippen LogP contribution >= 0.6 is 31.1 Å². The Kier molecular flexibility index (Phi) is 12.2. The summed E-state index contributed by atoms with van der Waals surface area (Å²) in [4.78, 5) is 39.1. The number of nitrogen functional groups attached to an aromatic ring is 1. The second-order valence-corrected chi connectivity index (χ2v) is 14.0. The van der Waals surface area contributed by atoms with Gasteiger partial charge in [0, 0.05) is 11.9 Å². The summed E-state index contributed by atoms with van der Waals surface area (Å²) in [6, 6.07) is 0.248. The van der Waals surface area contributed by atoms with Crippen molar-refractivity contribution >= 4 is 48.0 Å². The van der Waals surface area contributed by atoms with E-state index in [0.717, 1.165) is 16.3 Å². The standard InChI is InChI=1S/C23H38ClN4O10PS/c1-13(2)37-18(31)14(3)27-39(34,35-9-10-40-20(32)22(4,5)12-29)36-11-15-17(30)23(6,24)19(38-15)28-8-7-16(25)26-21(28)33/h7-8,13-15,17,19,29-30H,9-12H2,1-6H3,(H,27,34)(H2,25,26,33)/t14-,15-,17-,19-,23-,39?/m1/s1. The van der Waals surface area contributed by atoms with E-state index in [0.29, 0.717) is 0 Å². The van der Waals surface area contributed by atoms with Gasteiger partial charge in [-0.05, 0) is 47.6 Å². The molecule has 228 valence electrons. The van der Waals surface area contributed by atoms with E-state index in [2.05, 4.69) is 10.1 Å². The summed E-state index contributed by atoms with van der Waals surface area (Å²) in [6.07, 6.45) is -2.85. The number of halogens is 1. The molecule has 0 spiro atoms. The van der Waals surface area contributed by atoms with Crippen molar-refractivity contribution in [2.75, 3.05) is 31.3 Å². The van der Waals surface area contributed by atoms with E-state index in [4.69, 9.17) is 35.9 Å². The number of nitrogens with one attached hydrogen (secondary N) is 1. The Hall–Kier alpha value is -1.55. The number of aromatic nitrogens is 2. The summed E-state index contributed by atoms with van der Waals surface area (Å²) in [5.41, 5.74) is 3.82. The number of alkyl halides is 1. The summed E-state index contributed by atoms with van der Waals surface area (Å²) in [5, 5.41) is 22.4. The number of thioether (sulfide) groups is 1. The molecular formula is C23H38ClN4O10PS. The number of aliphatic hydroxyl groups is 2. The van der Waals surface area contributed by atoms with Crippen molar-refractivity contribution < 1.29 is 42.9 Å². The molecule has 0 saturated carbocycles. The molecule has 0 aliphatic carbocycles. The van der Waals surface area contributed by atoms with Crippen LogP contribution in [0.4, 0.5) is 5.82 Å². The van der Waals surface area contributed by atoms with Crippen LogP contribution in [-0.2, 0) is 32.7 Å². The molecule has 0 bridgehead atoms. The number of hydrogen-bond donors (Lipinski definition) is 4. The fraction of sp³-hybridized carbons (Fsp3) is 0.739. The van der Waals surface area contributed by atoms with Gasteiger partial charge in [-0.3, -0.25) is 23.2 Å². The molecular weight excluding hydrogens is 591 g/mol. The zero-order valence-electron chi connectivity index (χ0n) is 23.2. The van der Waals surface area contributed by atoms with Gasteiger partial charge in [0.1, 0.15) is 28.9 Å². The lowest BCUT2D eigenvalue weighted by Crippen LogP contribution is -2.42. The second-order valence-electron chi connectivity index (χ2n) is 10.3. The van der Waals surface area contributed by atoms with E-state index in [1.807, 2.05) is 0 Å². The largest absolute Gasteiger partial charge is 0.462 e. The second kappa shape index (κ2) is 14.1. The fourth-order valence-electron chi connectivity index (χ4n) is 3.41. The third-order valence-corrected chi connectivity index (χ3v) is 9.12. The van der Waals surface area contributed by atoms with Crippen molar-refractivity contribution in [3.8, 4) is 0 Å². The number of esters is 1. The maximum absolute atomic E-state index is 13.6. The lowest BCUT2D eigenvalue weighted by atomic mass is 9.97. The molecule has 1 saturated heterocycles. The quantitative estimate of drug-likeness (QED) is 0.0997. The number of rotatable bonds is 14. The van der Waals surface area contributed by atoms with Gasteiger partial charge < -0.3 is 25.4 Å². The summed E-state index contributed by atoms with van der Waals surface area (Å²) >= 11 is 7.43. The van der Waals surface area contributed by atoms with Crippen LogP contribution in [0.25, 0.3) is 0 Å². The van der Waals surface area contributed by atoms with E-state index in [9.17, 15) is 29.2 Å². The van der Waals surface area contributed by atoms with Crippen LogP contribution in [0.5, 0.6) is 0 Å². The molecule has 1 aliphatic heterocycles. The third-order valence-electron chi connectivity index (χ3n) is 5.81. The van der Waals surface area contributed by atoms with Crippen LogP contribution in [0.2, 0.25) is 0 Å². The number of aliphatic hydroxyl groups excluding tert-OH is 2. The van der Waals surface area contributed by atoms with Crippen molar-refractivity contribution in [3.05, 3.63) is 22.7 Å². The molecule has 1 aromatic rings. The first-order valence-corrected chi connectivity index (χ1v) is 15.4. The van der Waals surface area contributed by atoms with Crippen LogP contribution in [-0.4, -0.2) is 85.7 Å². The Balaban J connectivity index is 2.16. The number of ether oxygens (including phenoxy) is 2. The van der Waals surface area contributed by atoms with Crippen LogP contribution in [0, 0.1) is 5.41 Å². The van der Waals surface area contributed by atoms with Crippen molar-refractivity contribution in [3.63, 3.8) is 0 Å². The van der Waals surface area contributed by atoms with Crippen molar-refractivity contribution in [2.45, 2.75) is 77.0 Å². The number of carbonyl (C=O) groups excluding carboxylic acids is 2. The predicted octanol–water partition coefficient (Wildman–Crippen LogP) is 1.43. The zero-order chi connectivity index (χ0) is 30.5. The van der Waals surface area contributed by atoms with E-state index in [-0.39, 0.29) is 29.9 Å². The Morgan fingerprint density at radius 1 is 1.38 bits per heavy atom. The zero-order valence-corrected chi connectivity index (χ0v) is 25.7. The maximum atomic E-state index is 13.6. The number of nitrogens with zero attached hydrogens (tertiary/aromatic N) is 2. The molecule has 0 radical (unpaired) electrons. The van der Waals surface area contributed by atoms with E-state index in [1.54, 1.807) is 27.7 Å². The molecule has 40 heavy (non-hydrogen) atoms. The first-order chi connectivity index (χ1) is 18.4. The maximum Gasteiger partial charge on any atom is 0.406 e. The van der Waals surface area contributed by atoms with Gasteiger partial charge in [0.25, 0.3) is 0 Å². The summed E-state index contributed by atoms with van der Waals surface area (Å²) in [6.45, 7) is 8.23. The summed E-state index contributed by atoms with van der Waals surface area (Å²) in [5.74, 6) is -0.651. The molecule has 0 amide bonds. The van der Waals surface area contributed by atoms with Gasteiger partial charge in [0.15, 0.2) is 11.3 Å². The minimum Gasteiger partial charge on any atom is -0.462 e. The minimum atomic E-state index is -4.27. The lowest BCUT2D eigenvalue weighted by Gasteiger charge is -2.26. The van der Waals surface area contributed by atoms with E-state index in [1.165, 1.54) is 26.1 Å². The van der Waals surface area contributed by atoms with Gasteiger partial charge >= 0.3 is 19.4 Å². The van der Waals surface area contributed by atoms with Gasteiger partial charge in [-0.1, -0.05) is 11.8 Å². The molecule has 0 aromatic carbocycles. The fourth-order valence-corrected chi connectivity index (χ4v) is 6.12. The van der Waals surface area contributed by atoms with Crippen LogP contribution in [0.15, 0.2) is 17.1 Å². The highest BCUT2D eigenvalue weighted by atomic mass is 35.5. The van der Waals surface area contributed by atoms with Crippen LogP contribution in [0.1, 0.15) is 47.8 Å². The number of carbonyl (C=O) groups is 2. The monoisotopic (exact) mass is 628 g/mol. The lowest BCUT2D eigenvalue weighted by molar-refractivity contribution is -0.149. The first kappa shape index (κ1) is 34.7. The van der Waals surface area contributed by atoms with Crippen molar-refractivity contribution in [1.82, 2.24) is 14.6 Å². The minimum absolute atomic E-state index is 0.00924. The molecule has 2 rings (SSSR count). The molecule has 14 nitrogen and oxygen atoms in total. The molecule has 1 fully saturated rings. The summed E-state index contributed by atoms with van der Waals surface area (Å²) < 4.78 is 36.7.